The molecule has 8 nitrogen and oxygen atoms in total. The van der Waals surface area contributed by atoms with Gasteiger partial charge >= 0.3 is 0 Å². The Morgan fingerprint density at radius 1 is 1.19 bits per heavy atom. The minimum Gasteiger partial charge on any atom is -0.386 e. The van der Waals surface area contributed by atoms with Crippen LogP contribution in [0.3, 0.4) is 0 Å². The summed E-state index contributed by atoms with van der Waals surface area (Å²) in [5.41, 5.74) is 6.18. The van der Waals surface area contributed by atoms with Crippen molar-refractivity contribution in [1.82, 2.24) is 10.1 Å². The van der Waals surface area contributed by atoms with Crippen molar-refractivity contribution in [2.24, 2.45) is 5.73 Å². The van der Waals surface area contributed by atoms with Gasteiger partial charge in [0.05, 0.1) is 29.0 Å². The van der Waals surface area contributed by atoms with E-state index in [1.165, 1.54) is 19.9 Å². The first kappa shape index (κ1) is 25.3. The molecule has 0 radical (unpaired) electrons. The number of nitrogens with one attached hydrogen (secondary N) is 2. The topological polar surface area (TPSA) is 126 Å². The molecule has 0 spiro atoms. The second-order valence-electron chi connectivity index (χ2n) is 8.78. The Morgan fingerprint density at radius 3 is 2.47 bits per heavy atom. The third-order valence-electron chi connectivity index (χ3n) is 5.52. The summed E-state index contributed by atoms with van der Waals surface area (Å²) in [7, 11) is 0. The van der Waals surface area contributed by atoms with E-state index in [-0.39, 0.29) is 21.6 Å². The molecule has 188 valence electrons. The molecule has 0 atom stereocenters. The van der Waals surface area contributed by atoms with E-state index in [1.54, 1.807) is 19.1 Å². The maximum absolute atomic E-state index is 14.9. The van der Waals surface area contributed by atoms with Crippen molar-refractivity contribution in [1.29, 1.82) is 0 Å². The van der Waals surface area contributed by atoms with E-state index in [0.29, 0.717) is 28.8 Å². The average Bonchev–Trinajstić information content (AvgIpc) is 3.34. The van der Waals surface area contributed by atoms with Crippen LogP contribution >= 0.6 is 11.3 Å². The van der Waals surface area contributed by atoms with Crippen LogP contribution in [0.25, 0.3) is 10.4 Å². The molecule has 0 unspecified atom stereocenters. The number of primary amides is 1. The van der Waals surface area contributed by atoms with Crippen LogP contribution < -0.4 is 16.4 Å². The van der Waals surface area contributed by atoms with Crippen LogP contribution in [0.15, 0.2) is 40.9 Å². The van der Waals surface area contributed by atoms with Gasteiger partial charge in [-0.25, -0.2) is 13.8 Å². The summed E-state index contributed by atoms with van der Waals surface area (Å²) in [5, 5.41) is 20.6. The van der Waals surface area contributed by atoms with Crippen LogP contribution in [0.4, 0.5) is 25.3 Å². The maximum atomic E-state index is 14.9. The highest BCUT2D eigenvalue weighted by molar-refractivity contribution is 7.20. The van der Waals surface area contributed by atoms with Crippen LogP contribution in [0, 0.1) is 25.5 Å². The van der Waals surface area contributed by atoms with E-state index >= 15 is 0 Å². The molecule has 0 aliphatic rings. The van der Waals surface area contributed by atoms with Crippen LogP contribution in [-0.2, 0) is 12.1 Å². The molecule has 4 aromatic rings. The SMILES string of the molecule is Cc1noc(C)c1NCc1cccc(Nc2sc(-c3c(F)cc(C(C)(C)O)cc3F)cc2C(N)=O)n1. The normalized spacial score (nSPS) is 11.5. The van der Waals surface area contributed by atoms with Crippen molar-refractivity contribution in [3.8, 4) is 10.4 Å². The lowest BCUT2D eigenvalue weighted by molar-refractivity contribution is 0.0778. The molecule has 0 aliphatic carbocycles. The van der Waals surface area contributed by atoms with Gasteiger partial charge in [-0.15, -0.1) is 11.3 Å². The number of carbonyl (C=O) groups is 1. The highest BCUT2D eigenvalue weighted by Gasteiger charge is 2.24. The average molecular weight is 514 g/mol. The lowest BCUT2D eigenvalue weighted by Crippen LogP contribution is -2.16. The molecule has 1 aromatic carbocycles. The third kappa shape index (κ3) is 5.21. The first-order chi connectivity index (χ1) is 16.9. The fourth-order valence-electron chi connectivity index (χ4n) is 3.63. The summed E-state index contributed by atoms with van der Waals surface area (Å²) in [4.78, 5) is 16.8. The molecule has 3 heterocycles. The molecule has 11 heteroatoms. The Balaban J connectivity index is 1.62. The predicted molar refractivity (Wildman–Crippen MR) is 134 cm³/mol. The molecule has 0 saturated carbocycles. The Kier molecular flexibility index (Phi) is 6.79. The standard InChI is InChI=1S/C25H25F2N5O3S/c1-12-22(13(2)35-32-12)29-11-15-6-5-7-20(30-15)31-24-16(23(28)33)10-19(36-24)21-17(26)8-14(9-18(21)27)25(3,4)34/h5-10,29,34H,11H2,1-4H3,(H2,28,33)(H,30,31). The van der Waals surface area contributed by atoms with E-state index in [0.717, 1.165) is 34.9 Å². The summed E-state index contributed by atoms with van der Waals surface area (Å²) in [5.74, 6) is -1.40. The first-order valence-corrected chi connectivity index (χ1v) is 11.8. The smallest absolute Gasteiger partial charge is 0.251 e. The van der Waals surface area contributed by atoms with Gasteiger partial charge in [0, 0.05) is 4.88 Å². The zero-order valence-electron chi connectivity index (χ0n) is 20.1. The van der Waals surface area contributed by atoms with Gasteiger partial charge in [-0.1, -0.05) is 11.2 Å². The summed E-state index contributed by atoms with van der Waals surface area (Å²) in [6, 6.07) is 8.79. The largest absolute Gasteiger partial charge is 0.386 e. The molecule has 0 fully saturated rings. The number of hydrogen-bond acceptors (Lipinski definition) is 8. The van der Waals surface area contributed by atoms with Gasteiger partial charge in [0.25, 0.3) is 5.91 Å². The number of carbonyl (C=O) groups excluding carboxylic acids is 1. The first-order valence-electron chi connectivity index (χ1n) is 11.0. The Hall–Kier alpha value is -3.83. The number of hydrogen-bond donors (Lipinski definition) is 4. The maximum Gasteiger partial charge on any atom is 0.251 e. The van der Waals surface area contributed by atoms with E-state index < -0.39 is 23.1 Å². The van der Waals surface area contributed by atoms with Crippen LogP contribution in [0.5, 0.6) is 0 Å². The van der Waals surface area contributed by atoms with Gasteiger partial charge in [-0.2, -0.15) is 0 Å². The second kappa shape index (κ2) is 9.67. The molecule has 0 aliphatic heterocycles. The lowest BCUT2D eigenvalue weighted by atomic mass is 9.96. The summed E-state index contributed by atoms with van der Waals surface area (Å²) < 4.78 is 34.9. The number of anilines is 3. The zero-order chi connectivity index (χ0) is 26.2. The van der Waals surface area contributed by atoms with Crippen LogP contribution in [0.1, 0.15) is 46.9 Å². The van der Waals surface area contributed by atoms with Gasteiger partial charge in [-0.3, -0.25) is 4.79 Å². The molecule has 1 amide bonds. The van der Waals surface area contributed by atoms with E-state index in [1.807, 2.05) is 13.0 Å². The number of benzene rings is 1. The van der Waals surface area contributed by atoms with E-state index in [2.05, 4.69) is 20.8 Å². The zero-order valence-corrected chi connectivity index (χ0v) is 20.9. The minimum absolute atomic E-state index is 0.0708. The van der Waals surface area contributed by atoms with Crippen molar-refractivity contribution in [3.05, 3.63) is 76.3 Å². The van der Waals surface area contributed by atoms with Gasteiger partial charge in [-0.05, 0) is 63.6 Å². The number of aryl methyl sites for hydroxylation is 2. The Labute approximate surface area is 210 Å². The van der Waals surface area contributed by atoms with Crippen molar-refractivity contribution in [2.45, 2.75) is 39.8 Å². The number of nitrogens with zero attached hydrogens (tertiary/aromatic N) is 2. The van der Waals surface area contributed by atoms with Crippen LogP contribution in [0.2, 0.25) is 0 Å². The van der Waals surface area contributed by atoms with Gasteiger partial charge in [0.1, 0.15) is 33.8 Å². The van der Waals surface area contributed by atoms with E-state index in [4.69, 9.17) is 10.3 Å². The number of rotatable bonds is 8. The number of aromatic nitrogens is 2. The molecule has 0 bridgehead atoms. The second-order valence-corrected chi connectivity index (χ2v) is 9.84. The van der Waals surface area contributed by atoms with Crippen molar-refractivity contribution >= 4 is 33.8 Å². The number of halogens is 2. The monoisotopic (exact) mass is 513 g/mol. The quantitative estimate of drug-likeness (QED) is 0.249. The fraction of sp³-hybridized carbons (Fsp3) is 0.240. The Morgan fingerprint density at radius 2 is 1.89 bits per heavy atom. The molecular formula is C25H25F2N5O3S. The van der Waals surface area contributed by atoms with E-state index in [9.17, 15) is 18.7 Å². The number of aliphatic hydroxyl groups is 1. The molecule has 4 rings (SSSR count). The molecule has 3 aromatic heterocycles. The summed E-state index contributed by atoms with van der Waals surface area (Å²) in [6.45, 7) is 6.89. The number of pyridine rings is 1. The van der Waals surface area contributed by atoms with Crippen molar-refractivity contribution < 1.29 is 23.2 Å². The third-order valence-corrected chi connectivity index (χ3v) is 6.59. The van der Waals surface area contributed by atoms with Gasteiger partial charge in [0.15, 0.2) is 5.76 Å². The predicted octanol–water partition coefficient (Wildman–Crippen LogP) is 5.38. The highest BCUT2D eigenvalue weighted by Crippen LogP contribution is 2.40. The van der Waals surface area contributed by atoms with Crippen molar-refractivity contribution in [2.75, 3.05) is 10.6 Å². The molecule has 0 saturated heterocycles. The minimum atomic E-state index is -1.42. The molecular weight excluding hydrogens is 488 g/mol. The van der Waals surface area contributed by atoms with Crippen molar-refractivity contribution in [3.63, 3.8) is 0 Å². The Bertz CT molecular complexity index is 1400. The number of thiophene rings is 1. The number of amides is 1. The van der Waals surface area contributed by atoms with Gasteiger partial charge < -0.3 is 26.0 Å². The summed E-state index contributed by atoms with van der Waals surface area (Å²) in [6.07, 6.45) is 0. The van der Waals surface area contributed by atoms with Crippen LogP contribution in [-0.4, -0.2) is 21.2 Å². The lowest BCUT2D eigenvalue weighted by Gasteiger charge is -2.18. The fourth-order valence-corrected chi connectivity index (χ4v) is 4.75. The highest BCUT2D eigenvalue weighted by atomic mass is 32.1. The molecule has 36 heavy (non-hydrogen) atoms. The molecule has 5 N–H and O–H groups in total. The summed E-state index contributed by atoms with van der Waals surface area (Å²) >= 11 is 0.968. The van der Waals surface area contributed by atoms with Gasteiger partial charge in [0.2, 0.25) is 0 Å². The number of nitrogens with two attached hydrogens (primary N) is 1.